The second-order valence-corrected chi connectivity index (χ2v) is 8.24. The van der Waals surface area contributed by atoms with Crippen molar-refractivity contribution in [3.63, 3.8) is 0 Å². The van der Waals surface area contributed by atoms with E-state index in [-0.39, 0.29) is 18.2 Å². The summed E-state index contributed by atoms with van der Waals surface area (Å²) in [4.78, 5) is 27.1. The molecular weight excluding hydrogens is 386 g/mol. The maximum Gasteiger partial charge on any atom is 0.267 e. The summed E-state index contributed by atoms with van der Waals surface area (Å²) < 4.78 is 8.24. The summed E-state index contributed by atoms with van der Waals surface area (Å²) in [5.41, 5.74) is 2.14. The molecule has 152 valence electrons. The monoisotopic (exact) mass is 412 g/mol. The van der Waals surface area contributed by atoms with Gasteiger partial charge in [-0.05, 0) is 17.5 Å². The van der Waals surface area contributed by atoms with Crippen molar-refractivity contribution in [2.45, 2.75) is 13.0 Å². The number of ether oxygens (including phenoxy) is 1. The molecule has 1 aliphatic heterocycles. The molecule has 4 rings (SSSR count). The van der Waals surface area contributed by atoms with E-state index in [0.717, 1.165) is 49.5 Å². The lowest BCUT2D eigenvalue weighted by Gasteiger charge is -2.23. The molecule has 2 aromatic heterocycles. The third kappa shape index (κ3) is 4.75. The van der Waals surface area contributed by atoms with Crippen LogP contribution in [-0.2, 0) is 11.3 Å². The summed E-state index contributed by atoms with van der Waals surface area (Å²) in [5.74, 6) is -0.120. The van der Waals surface area contributed by atoms with Gasteiger partial charge in [-0.1, -0.05) is 30.3 Å². The number of hydrogen-bond acceptors (Lipinski definition) is 4. The number of quaternary nitrogens is 1. The number of amides is 1. The molecule has 0 bridgehead atoms. The van der Waals surface area contributed by atoms with Crippen molar-refractivity contribution in [1.29, 1.82) is 0 Å². The number of rotatable bonds is 8. The summed E-state index contributed by atoms with van der Waals surface area (Å²) in [7, 11) is 0. The molecule has 0 atom stereocenters. The Morgan fingerprint density at radius 1 is 1.14 bits per heavy atom. The van der Waals surface area contributed by atoms with Crippen LogP contribution >= 0.6 is 11.3 Å². The molecule has 1 fully saturated rings. The fourth-order valence-corrected chi connectivity index (χ4v) is 4.56. The van der Waals surface area contributed by atoms with Crippen LogP contribution < -0.4 is 10.2 Å². The van der Waals surface area contributed by atoms with E-state index in [2.05, 4.69) is 5.32 Å². The van der Waals surface area contributed by atoms with E-state index >= 15 is 0 Å². The van der Waals surface area contributed by atoms with E-state index in [1.807, 2.05) is 52.4 Å². The van der Waals surface area contributed by atoms with Crippen molar-refractivity contribution in [3.05, 3.63) is 59.1 Å². The van der Waals surface area contributed by atoms with E-state index in [4.69, 9.17) is 4.74 Å². The van der Waals surface area contributed by atoms with Crippen LogP contribution in [0.4, 0.5) is 0 Å². The molecule has 3 aromatic rings. The molecule has 0 spiro atoms. The van der Waals surface area contributed by atoms with E-state index in [9.17, 15) is 9.59 Å². The van der Waals surface area contributed by atoms with E-state index in [0.29, 0.717) is 17.8 Å². The summed E-state index contributed by atoms with van der Waals surface area (Å²) >= 11 is 1.58. The van der Waals surface area contributed by atoms with E-state index < -0.39 is 0 Å². The van der Waals surface area contributed by atoms with Gasteiger partial charge in [0.05, 0.1) is 36.5 Å². The number of fused-ring (bicyclic) bond motifs is 1. The van der Waals surface area contributed by atoms with Crippen LogP contribution in [0.25, 0.3) is 10.2 Å². The number of ketones is 1. The smallest absolute Gasteiger partial charge is 0.267 e. The van der Waals surface area contributed by atoms with Crippen LogP contribution in [0.3, 0.4) is 0 Å². The molecule has 0 aliphatic carbocycles. The van der Waals surface area contributed by atoms with Gasteiger partial charge in [0.25, 0.3) is 5.91 Å². The average Bonchev–Trinajstić information content (AvgIpc) is 3.35. The number of carbonyl (C=O) groups excluding carboxylic acids is 2. The molecule has 1 aromatic carbocycles. The summed E-state index contributed by atoms with van der Waals surface area (Å²) in [6.07, 6.45) is 0.930. The number of hydrogen-bond donors (Lipinski definition) is 2. The molecule has 3 heterocycles. The topological polar surface area (TPSA) is 64.8 Å². The Morgan fingerprint density at radius 3 is 2.72 bits per heavy atom. The molecule has 0 radical (unpaired) electrons. The van der Waals surface area contributed by atoms with Crippen LogP contribution in [0.15, 0.2) is 47.8 Å². The molecule has 1 aliphatic rings. The standard InChI is InChI=1S/C22H25N3O3S/c26-20(17-5-2-1-3-6-17)16-25-18-7-14-29-21(18)15-19(25)22(27)23-8-4-9-24-10-12-28-13-11-24/h1-3,5-7,14-15H,4,8-13,16H2,(H,23,27)/p+1. The first-order valence-electron chi connectivity index (χ1n) is 10.1. The van der Waals surface area contributed by atoms with Crippen molar-refractivity contribution in [2.24, 2.45) is 0 Å². The van der Waals surface area contributed by atoms with Crippen molar-refractivity contribution in [1.82, 2.24) is 9.88 Å². The highest BCUT2D eigenvalue weighted by Gasteiger charge is 2.19. The number of carbonyl (C=O) groups is 2. The van der Waals surface area contributed by atoms with Gasteiger partial charge in [0, 0.05) is 18.5 Å². The summed E-state index contributed by atoms with van der Waals surface area (Å²) in [6, 6.07) is 13.1. The highest BCUT2D eigenvalue weighted by atomic mass is 32.1. The maximum absolute atomic E-state index is 12.8. The molecule has 0 saturated carbocycles. The predicted octanol–water partition coefficient (Wildman–Crippen LogP) is 1.62. The predicted molar refractivity (Wildman–Crippen MR) is 114 cm³/mol. The van der Waals surface area contributed by atoms with Gasteiger partial charge in [0.1, 0.15) is 18.8 Å². The fraction of sp³-hybridized carbons (Fsp3) is 0.364. The Morgan fingerprint density at radius 2 is 1.93 bits per heavy atom. The van der Waals surface area contributed by atoms with Crippen molar-refractivity contribution < 1.29 is 19.2 Å². The van der Waals surface area contributed by atoms with Crippen LogP contribution in [-0.4, -0.2) is 55.7 Å². The lowest BCUT2D eigenvalue weighted by Crippen LogP contribution is -3.14. The summed E-state index contributed by atoms with van der Waals surface area (Å²) in [5, 5.41) is 5.02. The molecule has 1 amide bonds. The van der Waals surface area contributed by atoms with E-state index in [1.165, 1.54) is 4.90 Å². The van der Waals surface area contributed by atoms with Crippen LogP contribution in [0.1, 0.15) is 27.3 Å². The maximum atomic E-state index is 12.8. The zero-order valence-electron chi connectivity index (χ0n) is 16.4. The largest absolute Gasteiger partial charge is 0.370 e. The second-order valence-electron chi connectivity index (χ2n) is 7.30. The summed E-state index contributed by atoms with van der Waals surface area (Å²) in [6.45, 7) is 5.54. The lowest BCUT2D eigenvalue weighted by molar-refractivity contribution is -0.908. The fourth-order valence-electron chi connectivity index (χ4n) is 3.74. The zero-order valence-corrected chi connectivity index (χ0v) is 17.2. The normalized spacial score (nSPS) is 14.9. The van der Waals surface area contributed by atoms with Crippen molar-refractivity contribution in [2.75, 3.05) is 39.4 Å². The Bertz CT molecular complexity index is 974. The van der Waals surface area contributed by atoms with Crippen LogP contribution in [0.5, 0.6) is 0 Å². The molecule has 2 N–H and O–H groups in total. The Balaban J connectivity index is 1.41. The van der Waals surface area contributed by atoms with Gasteiger partial charge in [-0.15, -0.1) is 11.3 Å². The third-order valence-corrected chi connectivity index (χ3v) is 6.20. The average molecular weight is 413 g/mol. The van der Waals surface area contributed by atoms with Crippen LogP contribution in [0, 0.1) is 0 Å². The SMILES string of the molecule is O=C(Cn1c(C(=O)NCCC[NH+]2CCOCC2)cc2sccc21)c1ccccc1. The highest BCUT2D eigenvalue weighted by molar-refractivity contribution is 7.17. The van der Waals surface area contributed by atoms with Crippen molar-refractivity contribution >= 4 is 33.2 Å². The van der Waals surface area contributed by atoms with Crippen molar-refractivity contribution in [3.8, 4) is 0 Å². The third-order valence-electron chi connectivity index (χ3n) is 5.35. The Kier molecular flexibility index (Phi) is 6.39. The number of thiophene rings is 1. The van der Waals surface area contributed by atoms with Gasteiger partial charge in [0.15, 0.2) is 5.78 Å². The van der Waals surface area contributed by atoms with Gasteiger partial charge < -0.3 is 19.5 Å². The van der Waals surface area contributed by atoms with Gasteiger partial charge in [-0.2, -0.15) is 0 Å². The number of Topliss-reactive ketones (excluding diaryl/α,β-unsaturated/α-hetero) is 1. The minimum absolute atomic E-state index is 0.000678. The Labute approximate surface area is 174 Å². The minimum Gasteiger partial charge on any atom is -0.370 e. The number of morpholine rings is 1. The lowest BCUT2D eigenvalue weighted by atomic mass is 10.1. The zero-order chi connectivity index (χ0) is 20.1. The van der Waals surface area contributed by atoms with E-state index in [1.54, 1.807) is 11.3 Å². The minimum atomic E-state index is -0.119. The highest BCUT2D eigenvalue weighted by Crippen LogP contribution is 2.25. The Hall–Kier alpha value is -2.48. The number of nitrogens with one attached hydrogen (secondary N) is 2. The first-order chi connectivity index (χ1) is 14.2. The first kappa shape index (κ1) is 19.8. The first-order valence-corrected chi connectivity index (χ1v) is 10.9. The molecule has 0 unspecified atom stereocenters. The second kappa shape index (κ2) is 9.35. The number of aromatic nitrogens is 1. The quantitative estimate of drug-likeness (QED) is 0.437. The molecule has 6 nitrogen and oxygen atoms in total. The molecule has 1 saturated heterocycles. The van der Waals surface area contributed by atoms with Gasteiger partial charge >= 0.3 is 0 Å². The van der Waals surface area contributed by atoms with Gasteiger partial charge in [0.2, 0.25) is 0 Å². The number of nitrogens with zero attached hydrogens (tertiary/aromatic N) is 1. The molecular formula is C22H26N3O3S+. The number of benzene rings is 1. The van der Waals surface area contributed by atoms with Gasteiger partial charge in [-0.25, -0.2) is 0 Å². The van der Waals surface area contributed by atoms with Gasteiger partial charge in [-0.3, -0.25) is 9.59 Å². The molecule has 29 heavy (non-hydrogen) atoms. The molecule has 7 heteroatoms. The van der Waals surface area contributed by atoms with Crippen LogP contribution in [0.2, 0.25) is 0 Å².